The fourth-order valence-corrected chi connectivity index (χ4v) is 2.92. The van der Waals surface area contributed by atoms with Gasteiger partial charge < -0.3 is 20.4 Å². The molecule has 2 aromatic carbocycles. The van der Waals surface area contributed by atoms with Crippen LogP contribution in [0.25, 0.3) is 0 Å². The van der Waals surface area contributed by atoms with Crippen molar-refractivity contribution in [2.45, 2.75) is 6.92 Å². The van der Waals surface area contributed by atoms with Gasteiger partial charge in [0.2, 0.25) is 0 Å². The van der Waals surface area contributed by atoms with Crippen LogP contribution in [0.3, 0.4) is 0 Å². The van der Waals surface area contributed by atoms with Crippen LogP contribution in [0.2, 0.25) is 0 Å². The van der Waals surface area contributed by atoms with E-state index in [9.17, 15) is 14.0 Å². The molecule has 35 heavy (non-hydrogen) atoms. The van der Waals surface area contributed by atoms with Crippen molar-refractivity contribution >= 4 is 29.5 Å². The second-order valence-corrected chi connectivity index (χ2v) is 7.35. The van der Waals surface area contributed by atoms with Crippen molar-refractivity contribution in [1.82, 2.24) is 9.99 Å². The summed E-state index contributed by atoms with van der Waals surface area (Å²) in [6.45, 7) is 2.63. The fraction of sp³-hybridized carbons (Fsp3) is 0.154. The number of aromatic nitrogens is 1. The van der Waals surface area contributed by atoms with Gasteiger partial charge in [0.15, 0.2) is 0 Å². The Hall–Kier alpha value is -4.71. The maximum Gasteiger partial charge on any atom is 0.259 e. The van der Waals surface area contributed by atoms with Crippen molar-refractivity contribution < 1.29 is 18.7 Å². The van der Waals surface area contributed by atoms with E-state index in [1.807, 2.05) is 6.92 Å². The lowest BCUT2D eigenvalue weighted by molar-refractivity contribution is 0.102. The number of anilines is 2. The van der Waals surface area contributed by atoms with Crippen LogP contribution in [-0.4, -0.2) is 48.7 Å². The number of halogens is 1. The van der Waals surface area contributed by atoms with Gasteiger partial charge in [-0.2, -0.15) is 5.10 Å². The van der Waals surface area contributed by atoms with E-state index in [1.54, 1.807) is 36.3 Å². The summed E-state index contributed by atoms with van der Waals surface area (Å²) in [6.07, 6.45) is 8.27. The average Bonchev–Trinajstić information content (AvgIpc) is 2.87. The molecule has 1 heterocycles. The Labute approximate surface area is 202 Å². The number of nitrogens with zero attached hydrogens (tertiary/aromatic N) is 3. The molecule has 0 aliphatic heterocycles. The van der Waals surface area contributed by atoms with Gasteiger partial charge in [-0.15, -0.1) is 6.42 Å². The largest absolute Gasteiger partial charge is 0.497 e. The second-order valence-electron chi connectivity index (χ2n) is 7.35. The van der Waals surface area contributed by atoms with Gasteiger partial charge in [-0.25, -0.2) is 9.37 Å². The van der Waals surface area contributed by atoms with Crippen LogP contribution in [0, 0.1) is 18.2 Å². The van der Waals surface area contributed by atoms with Gasteiger partial charge in [0.25, 0.3) is 11.8 Å². The SMILES string of the molecule is C#Cc1ccc(NC(=O)c2cc(OC)ccc2NC(=O)c2ccc(C=NN(C)CC)cc2F)nc1. The molecule has 0 unspecified atom stereocenters. The van der Waals surface area contributed by atoms with Crippen molar-refractivity contribution in [1.29, 1.82) is 0 Å². The fourth-order valence-electron chi connectivity index (χ4n) is 2.92. The minimum absolute atomic E-state index is 0.104. The third-order valence-electron chi connectivity index (χ3n) is 4.99. The molecule has 0 aliphatic carbocycles. The summed E-state index contributed by atoms with van der Waals surface area (Å²) in [5.74, 6) is 1.13. The molecular weight excluding hydrogens is 449 g/mol. The Bertz CT molecular complexity index is 1300. The van der Waals surface area contributed by atoms with E-state index in [0.29, 0.717) is 23.4 Å². The molecule has 0 saturated carbocycles. The number of pyridine rings is 1. The number of hydrogen-bond acceptors (Lipinski definition) is 6. The van der Waals surface area contributed by atoms with E-state index >= 15 is 0 Å². The second kappa shape index (κ2) is 11.4. The zero-order chi connectivity index (χ0) is 25.4. The highest BCUT2D eigenvalue weighted by Gasteiger charge is 2.18. The normalized spacial score (nSPS) is 10.5. The van der Waals surface area contributed by atoms with Crippen LogP contribution < -0.4 is 15.4 Å². The molecule has 3 aromatic rings. The summed E-state index contributed by atoms with van der Waals surface area (Å²) in [5.41, 5.74) is 1.16. The highest BCUT2D eigenvalue weighted by molar-refractivity contribution is 6.12. The van der Waals surface area contributed by atoms with E-state index in [0.717, 1.165) is 0 Å². The van der Waals surface area contributed by atoms with Crippen LogP contribution in [-0.2, 0) is 0 Å². The Morgan fingerprint density at radius 2 is 1.91 bits per heavy atom. The summed E-state index contributed by atoms with van der Waals surface area (Å²) >= 11 is 0. The molecule has 0 aliphatic rings. The number of hydrazone groups is 1. The minimum atomic E-state index is -0.720. The molecule has 0 atom stereocenters. The van der Waals surface area contributed by atoms with Crippen LogP contribution >= 0.6 is 0 Å². The van der Waals surface area contributed by atoms with E-state index < -0.39 is 17.6 Å². The first kappa shape index (κ1) is 24.9. The number of terminal acetylenes is 1. The molecule has 178 valence electrons. The third kappa shape index (κ3) is 6.42. The molecule has 2 N–H and O–H groups in total. The molecule has 1 aromatic heterocycles. The number of carbonyl (C=O) groups is 2. The van der Waals surface area contributed by atoms with E-state index in [2.05, 4.69) is 26.6 Å². The molecule has 3 rings (SSSR count). The lowest BCUT2D eigenvalue weighted by Crippen LogP contribution is -2.19. The molecule has 8 nitrogen and oxygen atoms in total. The summed E-state index contributed by atoms with van der Waals surface area (Å²) in [6, 6.07) is 11.9. The number of carbonyl (C=O) groups excluding carboxylic acids is 2. The number of benzene rings is 2. The van der Waals surface area contributed by atoms with Gasteiger partial charge in [-0.1, -0.05) is 12.0 Å². The molecule has 2 amide bonds. The number of methoxy groups -OCH3 is 1. The molecular formula is C26H24FN5O3. The zero-order valence-corrected chi connectivity index (χ0v) is 19.5. The first-order valence-electron chi connectivity index (χ1n) is 10.6. The van der Waals surface area contributed by atoms with Crippen molar-refractivity contribution in [2.24, 2.45) is 5.10 Å². The lowest BCUT2D eigenvalue weighted by Gasteiger charge is -2.13. The summed E-state index contributed by atoms with van der Waals surface area (Å²) < 4.78 is 19.9. The topological polar surface area (TPSA) is 95.9 Å². The zero-order valence-electron chi connectivity index (χ0n) is 19.5. The van der Waals surface area contributed by atoms with E-state index in [4.69, 9.17) is 11.2 Å². The highest BCUT2D eigenvalue weighted by atomic mass is 19.1. The number of ether oxygens (including phenoxy) is 1. The van der Waals surface area contributed by atoms with Crippen LogP contribution in [0.15, 0.2) is 59.8 Å². The number of amides is 2. The van der Waals surface area contributed by atoms with Crippen LogP contribution in [0.4, 0.5) is 15.9 Å². The number of rotatable bonds is 8. The van der Waals surface area contributed by atoms with Gasteiger partial charge in [0.1, 0.15) is 17.4 Å². The Kier molecular flexibility index (Phi) is 8.14. The molecule has 0 saturated heterocycles. The van der Waals surface area contributed by atoms with Gasteiger partial charge in [-0.05, 0) is 55.0 Å². The van der Waals surface area contributed by atoms with Gasteiger partial charge in [-0.3, -0.25) is 9.59 Å². The maximum atomic E-state index is 14.7. The average molecular weight is 474 g/mol. The quantitative estimate of drug-likeness (QED) is 0.293. The van der Waals surface area contributed by atoms with Gasteiger partial charge in [0.05, 0.1) is 30.1 Å². The molecule has 0 spiro atoms. The molecule has 0 radical (unpaired) electrons. The Morgan fingerprint density at radius 1 is 1.14 bits per heavy atom. The predicted molar refractivity (Wildman–Crippen MR) is 133 cm³/mol. The van der Waals surface area contributed by atoms with Crippen molar-refractivity contribution in [3.8, 4) is 18.1 Å². The summed E-state index contributed by atoms with van der Waals surface area (Å²) in [4.78, 5) is 29.9. The van der Waals surface area contributed by atoms with Crippen molar-refractivity contribution in [3.63, 3.8) is 0 Å². The predicted octanol–water partition coefficient (Wildman–Crippen LogP) is 4.00. The van der Waals surface area contributed by atoms with Crippen molar-refractivity contribution in [3.05, 3.63) is 82.8 Å². The third-order valence-corrected chi connectivity index (χ3v) is 4.99. The van der Waals surface area contributed by atoms with Gasteiger partial charge in [0, 0.05) is 25.4 Å². The minimum Gasteiger partial charge on any atom is -0.497 e. The van der Waals surface area contributed by atoms with Crippen LogP contribution in [0.5, 0.6) is 5.75 Å². The monoisotopic (exact) mass is 473 g/mol. The van der Waals surface area contributed by atoms with Crippen molar-refractivity contribution in [2.75, 3.05) is 31.3 Å². The summed E-state index contributed by atoms with van der Waals surface area (Å²) in [5, 5.41) is 11.1. The Balaban J connectivity index is 1.83. The van der Waals surface area contributed by atoms with E-state index in [-0.39, 0.29) is 22.6 Å². The standard InChI is InChI=1S/C26H24FN5O3/c1-5-17-8-12-24(28-15-17)31-26(34)21-14-19(35-4)9-11-23(21)30-25(33)20-10-7-18(13-22(20)27)16-29-32(3)6-2/h1,7-16H,6H2,2-4H3,(H,30,33)(H,28,31,34). The number of nitrogens with one attached hydrogen (secondary N) is 2. The van der Waals surface area contributed by atoms with Crippen LogP contribution in [0.1, 0.15) is 38.8 Å². The first-order valence-corrected chi connectivity index (χ1v) is 10.6. The Morgan fingerprint density at radius 3 is 2.54 bits per heavy atom. The molecule has 0 fully saturated rings. The lowest BCUT2D eigenvalue weighted by atomic mass is 10.1. The summed E-state index contributed by atoms with van der Waals surface area (Å²) in [7, 11) is 3.24. The number of hydrogen-bond donors (Lipinski definition) is 2. The highest BCUT2D eigenvalue weighted by Crippen LogP contribution is 2.24. The van der Waals surface area contributed by atoms with E-state index in [1.165, 1.54) is 43.8 Å². The molecule has 0 bridgehead atoms. The smallest absolute Gasteiger partial charge is 0.259 e. The maximum absolute atomic E-state index is 14.7. The van der Waals surface area contributed by atoms with Gasteiger partial charge >= 0.3 is 0 Å². The first-order chi connectivity index (χ1) is 16.8. The molecule has 9 heteroatoms.